The number of benzene rings is 2. The summed E-state index contributed by atoms with van der Waals surface area (Å²) < 4.78 is 6.82. The highest BCUT2D eigenvalue weighted by Gasteiger charge is 2.03. The Balaban J connectivity index is 2.09. The minimum Gasteiger partial charge on any atom is -0.489 e. The van der Waals surface area contributed by atoms with Crippen molar-refractivity contribution in [3.63, 3.8) is 0 Å². The molecule has 0 aliphatic rings. The fourth-order valence-electron chi connectivity index (χ4n) is 1.82. The van der Waals surface area contributed by atoms with Crippen molar-refractivity contribution in [2.45, 2.75) is 20.0 Å². The summed E-state index contributed by atoms with van der Waals surface area (Å²) in [6.45, 7) is 2.69. The number of halogens is 1. The van der Waals surface area contributed by atoms with Crippen molar-refractivity contribution < 1.29 is 4.74 Å². The first-order valence-electron chi connectivity index (χ1n) is 5.94. The molecule has 2 nitrogen and oxygen atoms in total. The normalized spacial score (nSPS) is 10.3. The Morgan fingerprint density at radius 1 is 1.06 bits per heavy atom. The van der Waals surface area contributed by atoms with Gasteiger partial charge in [-0.2, -0.15) is 0 Å². The molecule has 0 spiro atoms. The average Bonchev–Trinajstić information content (AvgIpc) is 2.38. The minimum atomic E-state index is 0.551. The van der Waals surface area contributed by atoms with Crippen molar-refractivity contribution in [3.05, 3.63) is 58.1 Å². The first-order chi connectivity index (χ1) is 8.69. The van der Waals surface area contributed by atoms with Gasteiger partial charge in [0.15, 0.2) is 0 Å². The van der Waals surface area contributed by atoms with Crippen LogP contribution in [0.4, 0.5) is 5.69 Å². The molecule has 0 heterocycles. The Kier molecular flexibility index (Phi) is 4.26. The van der Waals surface area contributed by atoms with Crippen LogP contribution in [-0.2, 0) is 13.0 Å². The van der Waals surface area contributed by atoms with Crippen molar-refractivity contribution >= 4 is 21.6 Å². The zero-order valence-corrected chi connectivity index (χ0v) is 11.9. The number of hydrogen-bond donors (Lipinski definition) is 1. The number of aryl methyl sites for hydroxylation is 1. The largest absolute Gasteiger partial charge is 0.489 e. The van der Waals surface area contributed by atoms with Crippen LogP contribution in [-0.4, -0.2) is 0 Å². The minimum absolute atomic E-state index is 0.551. The number of nitrogen functional groups attached to an aromatic ring is 1. The lowest BCUT2D eigenvalue weighted by atomic mass is 10.1. The molecule has 2 aromatic carbocycles. The van der Waals surface area contributed by atoms with Gasteiger partial charge in [-0.3, -0.25) is 0 Å². The molecular weight excluding hydrogens is 290 g/mol. The zero-order chi connectivity index (χ0) is 13.0. The molecule has 2 rings (SSSR count). The van der Waals surface area contributed by atoms with Gasteiger partial charge in [0.1, 0.15) is 12.4 Å². The molecule has 0 aliphatic carbocycles. The lowest BCUT2D eigenvalue weighted by Crippen LogP contribution is -2.01. The van der Waals surface area contributed by atoms with Gasteiger partial charge in [0.25, 0.3) is 0 Å². The number of rotatable bonds is 4. The van der Waals surface area contributed by atoms with E-state index in [1.165, 1.54) is 5.56 Å². The van der Waals surface area contributed by atoms with Crippen LogP contribution in [0.3, 0.4) is 0 Å². The highest BCUT2D eigenvalue weighted by atomic mass is 79.9. The van der Waals surface area contributed by atoms with Gasteiger partial charge in [0.2, 0.25) is 0 Å². The van der Waals surface area contributed by atoms with E-state index in [2.05, 4.69) is 28.9 Å². The van der Waals surface area contributed by atoms with Crippen molar-refractivity contribution in [1.82, 2.24) is 0 Å². The van der Waals surface area contributed by atoms with Gasteiger partial charge in [-0.25, -0.2) is 0 Å². The molecule has 0 saturated heterocycles. The second-order valence-corrected chi connectivity index (χ2v) is 5.04. The summed E-state index contributed by atoms with van der Waals surface area (Å²) in [5, 5.41) is 0. The Labute approximate surface area is 116 Å². The maximum Gasteiger partial charge on any atom is 0.119 e. The summed E-state index contributed by atoms with van der Waals surface area (Å²) in [6, 6.07) is 13.8. The van der Waals surface area contributed by atoms with Gasteiger partial charge in [-0.15, -0.1) is 0 Å². The Morgan fingerprint density at radius 3 is 2.44 bits per heavy atom. The van der Waals surface area contributed by atoms with Crippen LogP contribution in [0, 0.1) is 0 Å². The van der Waals surface area contributed by atoms with Gasteiger partial charge in [-0.05, 0) is 53.9 Å². The topological polar surface area (TPSA) is 35.2 Å². The molecule has 3 heteroatoms. The first kappa shape index (κ1) is 13.0. The molecule has 0 fully saturated rings. The van der Waals surface area contributed by atoms with E-state index in [9.17, 15) is 0 Å². The second kappa shape index (κ2) is 5.91. The molecule has 0 bridgehead atoms. The van der Waals surface area contributed by atoms with Crippen LogP contribution in [0.5, 0.6) is 5.75 Å². The predicted molar refractivity (Wildman–Crippen MR) is 78.7 cm³/mol. The Morgan fingerprint density at radius 2 is 1.78 bits per heavy atom. The number of ether oxygens (including phenoxy) is 1. The third-order valence-corrected chi connectivity index (χ3v) is 3.35. The molecule has 0 saturated carbocycles. The number of nitrogens with two attached hydrogens (primary N) is 1. The highest BCUT2D eigenvalue weighted by molar-refractivity contribution is 9.10. The van der Waals surface area contributed by atoms with Crippen LogP contribution in [0.15, 0.2) is 46.9 Å². The Hall–Kier alpha value is -1.48. The van der Waals surface area contributed by atoms with Gasteiger partial charge < -0.3 is 10.5 Å². The van der Waals surface area contributed by atoms with Crippen molar-refractivity contribution in [3.8, 4) is 5.75 Å². The summed E-state index contributed by atoms with van der Waals surface area (Å²) >= 11 is 3.40. The fourth-order valence-corrected chi connectivity index (χ4v) is 2.08. The molecule has 0 radical (unpaired) electrons. The standard InChI is InChI=1S/C15H16BrNO/c1-2-11-3-6-14(17)9-12(11)10-18-15-7-4-13(16)5-8-15/h3-9H,2,10,17H2,1H3. The molecule has 0 amide bonds. The van der Waals surface area contributed by atoms with E-state index >= 15 is 0 Å². The lowest BCUT2D eigenvalue weighted by Gasteiger charge is -2.11. The van der Waals surface area contributed by atoms with E-state index in [-0.39, 0.29) is 0 Å². The van der Waals surface area contributed by atoms with E-state index in [0.717, 1.165) is 27.9 Å². The van der Waals surface area contributed by atoms with E-state index in [0.29, 0.717) is 6.61 Å². The molecule has 18 heavy (non-hydrogen) atoms. The Bertz CT molecular complexity index is 523. The van der Waals surface area contributed by atoms with Crippen LogP contribution in [0.1, 0.15) is 18.1 Å². The first-order valence-corrected chi connectivity index (χ1v) is 6.74. The summed E-state index contributed by atoms with van der Waals surface area (Å²) in [4.78, 5) is 0. The lowest BCUT2D eigenvalue weighted by molar-refractivity contribution is 0.305. The zero-order valence-electron chi connectivity index (χ0n) is 10.3. The van der Waals surface area contributed by atoms with Gasteiger partial charge >= 0.3 is 0 Å². The molecule has 2 N–H and O–H groups in total. The molecule has 94 valence electrons. The van der Waals surface area contributed by atoms with Gasteiger partial charge in [0, 0.05) is 10.2 Å². The molecule has 2 aromatic rings. The van der Waals surface area contributed by atoms with E-state index in [1.807, 2.05) is 36.4 Å². The molecule has 0 unspecified atom stereocenters. The summed E-state index contributed by atoms with van der Waals surface area (Å²) in [5.41, 5.74) is 9.02. The maximum atomic E-state index is 5.81. The third kappa shape index (κ3) is 3.26. The SMILES string of the molecule is CCc1ccc(N)cc1COc1ccc(Br)cc1. The smallest absolute Gasteiger partial charge is 0.119 e. The van der Waals surface area contributed by atoms with Crippen LogP contribution in [0.2, 0.25) is 0 Å². The predicted octanol–water partition coefficient (Wildman–Crippen LogP) is 4.17. The van der Waals surface area contributed by atoms with Crippen LogP contribution < -0.4 is 10.5 Å². The van der Waals surface area contributed by atoms with Crippen molar-refractivity contribution in [2.75, 3.05) is 5.73 Å². The number of anilines is 1. The molecule has 0 atom stereocenters. The molecule has 0 aromatic heterocycles. The number of hydrogen-bond acceptors (Lipinski definition) is 2. The second-order valence-electron chi connectivity index (χ2n) is 4.12. The van der Waals surface area contributed by atoms with E-state index < -0.39 is 0 Å². The van der Waals surface area contributed by atoms with E-state index in [4.69, 9.17) is 10.5 Å². The average molecular weight is 306 g/mol. The van der Waals surface area contributed by atoms with Crippen LogP contribution in [0.25, 0.3) is 0 Å². The van der Waals surface area contributed by atoms with Gasteiger partial charge in [-0.1, -0.05) is 28.9 Å². The molecular formula is C15H16BrNO. The quantitative estimate of drug-likeness (QED) is 0.860. The summed E-state index contributed by atoms with van der Waals surface area (Å²) in [5.74, 6) is 0.864. The molecule has 0 aliphatic heterocycles. The van der Waals surface area contributed by atoms with E-state index in [1.54, 1.807) is 0 Å². The monoisotopic (exact) mass is 305 g/mol. The maximum absolute atomic E-state index is 5.81. The third-order valence-electron chi connectivity index (χ3n) is 2.82. The summed E-state index contributed by atoms with van der Waals surface area (Å²) in [7, 11) is 0. The van der Waals surface area contributed by atoms with Crippen molar-refractivity contribution in [2.24, 2.45) is 0 Å². The van der Waals surface area contributed by atoms with Crippen molar-refractivity contribution in [1.29, 1.82) is 0 Å². The van der Waals surface area contributed by atoms with Gasteiger partial charge in [0.05, 0.1) is 0 Å². The summed E-state index contributed by atoms with van der Waals surface area (Å²) in [6.07, 6.45) is 0.985. The van der Waals surface area contributed by atoms with Crippen LogP contribution >= 0.6 is 15.9 Å². The highest BCUT2D eigenvalue weighted by Crippen LogP contribution is 2.20. The fraction of sp³-hybridized carbons (Fsp3) is 0.200.